The van der Waals surface area contributed by atoms with Crippen molar-refractivity contribution in [1.29, 1.82) is 0 Å². The Morgan fingerprint density at radius 1 is 1.50 bits per heavy atom. The maximum absolute atomic E-state index is 7.17. The molecule has 0 saturated carbocycles. The van der Waals surface area contributed by atoms with Crippen molar-refractivity contribution < 1.29 is 19.6 Å². The predicted octanol–water partition coefficient (Wildman–Crippen LogP) is -2.58. The van der Waals surface area contributed by atoms with E-state index in [-0.39, 0.29) is 0 Å². The molecule has 0 saturated heterocycles. The third-order valence-corrected chi connectivity index (χ3v) is 1.33. The number of hydrogen-bond acceptors (Lipinski definition) is 5. The SMILES string of the molecule is OB(O)O.[K][c]1cnoc1. The predicted molar refractivity (Wildman–Crippen MR) is 34.3 cm³/mol. The molecule has 1 rings (SSSR count). The minimum atomic E-state index is -2.17. The van der Waals surface area contributed by atoms with Gasteiger partial charge in [-0.3, -0.25) is 0 Å². The van der Waals surface area contributed by atoms with Crippen LogP contribution in [-0.2, 0) is 0 Å². The number of nitrogens with zero attached hydrogens (tertiary/aromatic N) is 1. The van der Waals surface area contributed by atoms with Crippen LogP contribution in [0.1, 0.15) is 0 Å². The summed E-state index contributed by atoms with van der Waals surface area (Å²) in [4.78, 5) is 0. The number of hydrogen-bond donors (Lipinski definition) is 3. The van der Waals surface area contributed by atoms with Crippen LogP contribution < -0.4 is -0.342 Å². The van der Waals surface area contributed by atoms with Crippen molar-refractivity contribution in [2.75, 3.05) is 0 Å². The van der Waals surface area contributed by atoms with Crippen LogP contribution in [0.5, 0.6) is 0 Å². The Morgan fingerprint density at radius 3 is 2.10 bits per heavy atom. The van der Waals surface area contributed by atoms with E-state index in [1.807, 2.05) is 0 Å². The second kappa shape index (κ2) is 6.50. The first-order chi connectivity index (χ1) is 4.63. The summed E-state index contributed by atoms with van der Waals surface area (Å²) in [7, 11) is -2.17. The van der Waals surface area contributed by atoms with Crippen molar-refractivity contribution in [2.45, 2.75) is 0 Å². The van der Waals surface area contributed by atoms with E-state index in [0.29, 0.717) is 0 Å². The van der Waals surface area contributed by atoms with Crippen molar-refractivity contribution in [1.82, 2.24) is 5.16 Å². The standard InChI is InChI=1S/C3H2NO.BH3O3.K/c1-2-4-5-3-1;2-1(3)4;/h2-3H;2-4H;. The zero-order valence-corrected chi connectivity index (χ0v) is 8.55. The van der Waals surface area contributed by atoms with E-state index in [1.165, 1.54) is -0.342 Å². The van der Waals surface area contributed by atoms with Crippen LogP contribution >= 0.6 is 0 Å². The van der Waals surface area contributed by atoms with Crippen molar-refractivity contribution in [3.63, 3.8) is 0 Å². The second-order valence-corrected chi connectivity index (χ2v) is 3.35. The summed E-state index contributed by atoms with van der Waals surface area (Å²) in [6.07, 6.45) is 3.43. The number of aromatic nitrogens is 1. The van der Waals surface area contributed by atoms with Gasteiger partial charge in [-0.1, -0.05) is 0 Å². The normalized spacial score (nSPS) is 8.10. The molecule has 50 valence electrons. The first-order valence-corrected chi connectivity index (χ1v) is 4.09. The van der Waals surface area contributed by atoms with Crippen molar-refractivity contribution in [2.24, 2.45) is 0 Å². The molecule has 0 unspecified atom stereocenters. The Morgan fingerprint density at radius 2 is 2.00 bits per heavy atom. The molecular weight excluding hydrogens is 164 g/mol. The van der Waals surface area contributed by atoms with Gasteiger partial charge < -0.3 is 15.1 Å². The van der Waals surface area contributed by atoms with E-state index in [2.05, 4.69) is 9.68 Å². The van der Waals surface area contributed by atoms with Gasteiger partial charge in [0.1, 0.15) is 0 Å². The zero-order valence-electron chi connectivity index (χ0n) is 5.43. The fraction of sp³-hybridized carbons (Fsp3) is 0. The van der Waals surface area contributed by atoms with E-state index in [1.54, 1.807) is 12.5 Å². The first kappa shape index (κ1) is 10.8. The molecule has 0 aromatic carbocycles. The quantitative estimate of drug-likeness (QED) is 0.371. The van der Waals surface area contributed by atoms with Gasteiger partial charge in [0.05, 0.1) is 0 Å². The molecule has 0 aliphatic rings. The minimum absolute atomic E-state index is 0.729. The number of rotatable bonds is 0. The fourth-order valence-corrected chi connectivity index (χ4v) is 0.587. The molecule has 1 aromatic rings. The molecule has 0 fully saturated rings. The summed E-state index contributed by atoms with van der Waals surface area (Å²) < 4.78 is 5.76. The van der Waals surface area contributed by atoms with Gasteiger partial charge in [0.15, 0.2) is 0 Å². The molecule has 0 bridgehead atoms. The third kappa shape index (κ3) is 8.79. The zero-order chi connectivity index (χ0) is 7.98. The monoisotopic (exact) mass is 169 g/mol. The van der Waals surface area contributed by atoms with Crippen LogP contribution in [0.25, 0.3) is 0 Å². The van der Waals surface area contributed by atoms with Crippen LogP contribution in [0.2, 0.25) is 0 Å². The van der Waals surface area contributed by atoms with Crippen LogP contribution in [0.15, 0.2) is 17.0 Å². The molecule has 0 radical (unpaired) electrons. The van der Waals surface area contributed by atoms with Crippen LogP contribution in [0, 0.1) is 0 Å². The average Bonchev–Trinajstić information content (AvgIpc) is 2.15. The van der Waals surface area contributed by atoms with Crippen LogP contribution in [-0.4, -0.2) is 76.5 Å². The van der Waals surface area contributed by atoms with Gasteiger partial charge in [-0.2, -0.15) is 0 Å². The van der Waals surface area contributed by atoms with E-state index in [0.717, 1.165) is 49.0 Å². The Balaban J connectivity index is 0.000000180. The van der Waals surface area contributed by atoms with E-state index >= 15 is 0 Å². The van der Waals surface area contributed by atoms with E-state index in [9.17, 15) is 0 Å². The summed E-state index contributed by atoms with van der Waals surface area (Å²) in [6, 6.07) is 0. The topological polar surface area (TPSA) is 86.7 Å². The van der Waals surface area contributed by atoms with Gasteiger partial charge in [-0.25, -0.2) is 0 Å². The second-order valence-electron chi connectivity index (χ2n) is 1.55. The Kier molecular flexibility index (Phi) is 7.01. The van der Waals surface area contributed by atoms with Gasteiger partial charge in [0, 0.05) is 0 Å². The summed E-state index contributed by atoms with van der Waals surface area (Å²) in [6.45, 7) is 0. The molecule has 0 atom stereocenters. The summed E-state index contributed by atoms with van der Waals surface area (Å²) in [5.74, 6) is 0. The molecular formula is C3H5BKNO4. The van der Waals surface area contributed by atoms with Crippen molar-refractivity contribution >= 4 is 55.9 Å². The van der Waals surface area contributed by atoms with E-state index in [4.69, 9.17) is 15.1 Å². The summed E-state index contributed by atoms with van der Waals surface area (Å²) in [5.41, 5.74) is 0. The van der Waals surface area contributed by atoms with Crippen LogP contribution in [0.4, 0.5) is 0 Å². The Bertz CT molecular complexity index is 153. The van der Waals surface area contributed by atoms with Gasteiger partial charge in [0.2, 0.25) is 0 Å². The molecule has 3 N–H and O–H groups in total. The van der Waals surface area contributed by atoms with Gasteiger partial charge in [-0.05, 0) is 0 Å². The van der Waals surface area contributed by atoms with Gasteiger partial charge in [0.25, 0.3) is 0 Å². The summed E-state index contributed by atoms with van der Waals surface area (Å²) in [5, 5.41) is 25.0. The Hall–Kier alpha value is 0.791. The summed E-state index contributed by atoms with van der Waals surface area (Å²) >= 11 is 0.729. The van der Waals surface area contributed by atoms with Crippen molar-refractivity contribution in [3.05, 3.63) is 12.5 Å². The van der Waals surface area contributed by atoms with Gasteiger partial charge >= 0.3 is 78.1 Å². The first-order valence-electron chi connectivity index (χ1n) is 2.53. The van der Waals surface area contributed by atoms with E-state index < -0.39 is 7.32 Å². The molecule has 1 heterocycles. The molecule has 1 aromatic heterocycles. The fourth-order valence-electron chi connectivity index (χ4n) is 0.258. The third-order valence-electron chi connectivity index (χ3n) is 0.556. The molecule has 0 amide bonds. The van der Waals surface area contributed by atoms with Crippen LogP contribution in [0.3, 0.4) is 0 Å². The molecule has 0 spiro atoms. The molecule has 5 nitrogen and oxygen atoms in total. The van der Waals surface area contributed by atoms with Crippen molar-refractivity contribution in [3.8, 4) is 0 Å². The molecule has 0 aliphatic heterocycles. The Labute approximate surface area is 91.8 Å². The average molecular weight is 169 g/mol. The molecule has 10 heavy (non-hydrogen) atoms. The molecule has 7 heteroatoms. The molecule has 0 aliphatic carbocycles. The maximum atomic E-state index is 7.17. The van der Waals surface area contributed by atoms with Gasteiger partial charge in [-0.15, -0.1) is 0 Å².